The molecular formula is C65H78O6Ti2-2. The van der Waals surface area contributed by atoms with Crippen LogP contribution in [0.2, 0.25) is 0 Å². The van der Waals surface area contributed by atoms with Crippen molar-refractivity contribution in [3.63, 3.8) is 0 Å². The monoisotopic (exact) mass is 1050 g/mol. The van der Waals surface area contributed by atoms with Crippen LogP contribution in [0.1, 0.15) is 131 Å². The van der Waals surface area contributed by atoms with Crippen LogP contribution in [0, 0.1) is 69.2 Å². The van der Waals surface area contributed by atoms with Crippen molar-refractivity contribution in [2.45, 2.75) is 127 Å². The molecule has 8 aromatic rings. The van der Waals surface area contributed by atoms with E-state index in [0.29, 0.717) is 0 Å². The molecule has 0 amide bonds. The molecule has 0 aliphatic rings. The molecule has 8 heteroatoms. The van der Waals surface area contributed by atoms with Gasteiger partial charge in [0.25, 0.3) is 0 Å². The number of phenolic OH excluding ortho intramolecular Hbond substituents is 6. The Morgan fingerprint density at radius 2 is 0.356 bits per heavy atom. The van der Waals surface area contributed by atoms with E-state index in [0.717, 1.165) is 33.4 Å². The van der Waals surface area contributed by atoms with Gasteiger partial charge in [-0.3, -0.25) is 0 Å². The molecule has 0 spiro atoms. The zero-order chi connectivity index (χ0) is 53.2. The third-order valence-electron chi connectivity index (χ3n) is 15.2. The van der Waals surface area contributed by atoms with Gasteiger partial charge in [0, 0.05) is 59.7 Å². The quantitative estimate of drug-likeness (QED) is 0.0729. The Kier molecular flexibility index (Phi) is 23.4. The molecule has 0 saturated heterocycles. The molecule has 0 unspecified atom stereocenters. The standard InChI is InChI=1S/3C15H16O2.2C10H15.2Ti/c3*1-15(2,11-3-7-13(16)8-4-11)12-5-9-14(17)10-6-12;2*1-6-7(2)9(4)10(5)8(6)3;;/h3*3-10,16-17H,1-2H3;2*1-5H3;;/q;;;2*-1;;. The van der Waals surface area contributed by atoms with Gasteiger partial charge in [-0.2, -0.15) is 55.6 Å². The summed E-state index contributed by atoms with van der Waals surface area (Å²) < 4.78 is 0. The summed E-state index contributed by atoms with van der Waals surface area (Å²) in [5, 5.41) is 55.8. The molecule has 0 saturated carbocycles. The van der Waals surface area contributed by atoms with E-state index in [1.165, 1.54) is 55.6 Å². The van der Waals surface area contributed by atoms with E-state index in [-0.39, 0.29) is 94.2 Å². The van der Waals surface area contributed by atoms with Crippen LogP contribution in [0.4, 0.5) is 0 Å². The normalized spacial score (nSPS) is 10.8. The first-order valence-corrected chi connectivity index (χ1v) is 24.3. The van der Waals surface area contributed by atoms with Crippen LogP contribution in [-0.4, -0.2) is 30.6 Å². The second-order valence-electron chi connectivity index (χ2n) is 20.4. The van der Waals surface area contributed by atoms with Crippen molar-refractivity contribution in [2.24, 2.45) is 0 Å². The number of hydrogen-bond acceptors (Lipinski definition) is 6. The van der Waals surface area contributed by atoms with Crippen LogP contribution in [0.5, 0.6) is 34.5 Å². The van der Waals surface area contributed by atoms with Crippen LogP contribution in [0.15, 0.2) is 146 Å². The number of benzene rings is 6. The van der Waals surface area contributed by atoms with Gasteiger partial charge in [-0.15, -0.1) is 0 Å². The summed E-state index contributed by atoms with van der Waals surface area (Å²) in [6.45, 7) is 34.7. The molecule has 0 fully saturated rings. The Balaban J connectivity index is 0.000000316. The van der Waals surface area contributed by atoms with Crippen LogP contribution < -0.4 is 0 Å². The van der Waals surface area contributed by atoms with E-state index in [4.69, 9.17) is 0 Å². The largest absolute Gasteiger partial charge is 0.508 e. The van der Waals surface area contributed by atoms with Crippen LogP contribution in [0.25, 0.3) is 0 Å². The molecule has 0 radical (unpaired) electrons. The second-order valence-corrected chi connectivity index (χ2v) is 20.4. The molecule has 8 aromatic carbocycles. The molecule has 0 atom stereocenters. The van der Waals surface area contributed by atoms with Gasteiger partial charge in [0.15, 0.2) is 0 Å². The molecule has 73 heavy (non-hydrogen) atoms. The molecule has 0 aliphatic heterocycles. The van der Waals surface area contributed by atoms with E-state index < -0.39 is 0 Å². The van der Waals surface area contributed by atoms with Crippen molar-refractivity contribution in [3.05, 3.63) is 235 Å². The van der Waals surface area contributed by atoms with Gasteiger partial charge in [0.1, 0.15) is 34.5 Å². The van der Waals surface area contributed by atoms with Crippen molar-refractivity contribution in [1.29, 1.82) is 0 Å². The Bertz CT molecular complexity index is 2340. The summed E-state index contributed by atoms with van der Waals surface area (Å²) in [5.41, 5.74) is 21.0. The fourth-order valence-corrected chi connectivity index (χ4v) is 8.58. The van der Waals surface area contributed by atoms with Crippen LogP contribution in [-0.2, 0) is 59.7 Å². The maximum absolute atomic E-state index is 9.30. The summed E-state index contributed by atoms with van der Waals surface area (Å²) >= 11 is 0. The molecule has 6 nitrogen and oxygen atoms in total. The molecule has 0 bridgehead atoms. The van der Waals surface area contributed by atoms with Gasteiger partial charge in [-0.25, -0.2) is 0 Å². The minimum Gasteiger partial charge on any atom is -0.508 e. The maximum atomic E-state index is 9.30. The Hall–Kier alpha value is -5.75. The fraction of sp³-hybridized carbons (Fsp3) is 0.292. The first kappa shape index (κ1) is 63.4. The van der Waals surface area contributed by atoms with Crippen molar-refractivity contribution < 1.29 is 74.1 Å². The summed E-state index contributed by atoms with van der Waals surface area (Å²) in [6, 6.07) is 43.3. The molecule has 0 aliphatic carbocycles. The second kappa shape index (κ2) is 27.0. The zero-order valence-corrected chi connectivity index (χ0v) is 49.2. The average Bonchev–Trinajstić information content (AvgIpc) is 3.62. The Morgan fingerprint density at radius 1 is 0.247 bits per heavy atom. The first-order chi connectivity index (χ1) is 33.1. The maximum Gasteiger partial charge on any atom is 0.115 e. The topological polar surface area (TPSA) is 121 Å². The average molecular weight is 1050 g/mol. The molecule has 0 heterocycles. The van der Waals surface area contributed by atoms with Gasteiger partial charge in [-0.05, 0) is 106 Å². The predicted molar refractivity (Wildman–Crippen MR) is 296 cm³/mol. The summed E-state index contributed by atoms with van der Waals surface area (Å²) in [7, 11) is 0. The molecule has 8 rings (SSSR count). The van der Waals surface area contributed by atoms with Crippen LogP contribution in [0.3, 0.4) is 0 Å². The van der Waals surface area contributed by atoms with Crippen LogP contribution >= 0.6 is 0 Å². The number of hydrogen-bond donors (Lipinski definition) is 6. The molecule has 0 aromatic heterocycles. The molecular weight excluding hydrogens is 972 g/mol. The van der Waals surface area contributed by atoms with Gasteiger partial charge in [-0.1, -0.05) is 184 Å². The number of phenols is 6. The fourth-order valence-electron chi connectivity index (χ4n) is 8.58. The van der Waals surface area contributed by atoms with Crippen molar-refractivity contribution in [2.75, 3.05) is 0 Å². The zero-order valence-electron chi connectivity index (χ0n) is 46.0. The molecule has 384 valence electrons. The van der Waals surface area contributed by atoms with E-state index in [1.807, 2.05) is 72.8 Å². The van der Waals surface area contributed by atoms with Crippen molar-refractivity contribution in [3.8, 4) is 34.5 Å². The van der Waals surface area contributed by atoms with E-state index in [2.05, 4.69) is 111 Å². The first-order valence-electron chi connectivity index (χ1n) is 24.3. The summed E-state index contributed by atoms with van der Waals surface area (Å²) in [5.74, 6) is 1.64. The molecule has 6 N–H and O–H groups in total. The summed E-state index contributed by atoms with van der Waals surface area (Å²) in [6.07, 6.45) is 0. The van der Waals surface area contributed by atoms with E-state index >= 15 is 0 Å². The van der Waals surface area contributed by atoms with Crippen molar-refractivity contribution in [1.82, 2.24) is 0 Å². The minimum atomic E-state index is -0.151. The summed E-state index contributed by atoms with van der Waals surface area (Å²) in [4.78, 5) is 0. The van der Waals surface area contributed by atoms with Gasteiger partial charge in [0.05, 0.1) is 0 Å². The number of rotatable bonds is 6. The van der Waals surface area contributed by atoms with Gasteiger partial charge >= 0.3 is 0 Å². The van der Waals surface area contributed by atoms with Gasteiger partial charge in [0.2, 0.25) is 0 Å². The van der Waals surface area contributed by atoms with E-state index in [1.54, 1.807) is 72.8 Å². The third-order valence-corrected chi connectivity index (χ3v) is 15.2. The van der Waals surface area contributed by atoms with E-state index in [9.17, 15) is 30.6 Å². The SMILES string of the molecule is CC(C)(c1ccc(O)cc1)c1ccc(O)cc1.CC(C)(c1ccc(O)cc1)c1ccc(O)cc1.CC(C)(c1ccc(O)cc1)c1ccc(O)cc1.Cc1c(C)c(C)[c-](C)c1C.Cc1c(C)c(C)[c-](C)c1C.[Ti].[Ti]. The third kappa shape index (κ3) is 16.1. The number of aromatic hydroxyl groups is 6. The minimum absolute atomic E-state index is 0. The van der Waals surface area contributed by atoms with Crippen molar-refractivity contribution >= 4 is 0 Å². The predicted octanol–water partition coefficient (Wildman–Crippen LogP) is 16.2. The Labute approximate surface area is 467 Å². The van der Waals surface area contributed by atoms with Gasteiger partial charge < -0.3 is 30.6 Å². The smallest absolute Gasteiger partial charge is 0.115 e. The Morgan fingerprint density at radius 3 is 0.438 bits per heavy atom.